The van der Waals surface area contributed by atoms with E-state index in [0.717, 1.165) is 31.7 Å². The number of likely N-dealkylation sites (tertiary alicyclic amines) is 1. The Kier molecular flexibility index (Phi) is 4.40. The van der Waals surface area contributed by atoms with Gasteiger partial charge in [0.15, 0.2) is 0 Å². The molecule has 2 aliphatic rings. The lowest BCUT2D eigenvalue weighted by atomic mass is 9.84. The van der Waals surface area contributed by atoms with E-state index in [1.54, 1.807) is 0 Å². The van der Waals surface area contributed by atoms with Crippen molar-refractivity contribution in [1.82, 2.24) is 19.0 Å². The van der Waals surface area contributed by atoms with Gasteiger partial charge in [0.2, 0.25) is 0 Å². The predicted molar refractivity (Wildman–Crippen MR) is 97.6 cm³/mol. The first kappa shape index (κ1) is 16.4. The fourth-order valence-electron chi connectivity index (χ4n) is 4.21. The van der Waals surface area contributed by atoms with E-state index in [1.165, 1.54) is 37.2 Å². The van der Waals surface area contributed by atoms with E-state index in [1.807, 2.05) is 41.0 Å². The summed E-state index contributed by atoms with van der Waals surface area (Å²) in [5.74, 6) is 2.61. The minimum absolute atomic E-state index is 0.166. The van der Waals surface area contributed by atoms with Crippen molar-refractivity contribution in [3.8, 4) is 0 Å². The highest BCUT2D eigenvalue weighted by molar-refractivity contribution is 5.92. The molecule has 134 valence electrons. The highest BCUT2D eigenvalue weighted by atomic mass is 16.2. The van der Waals surface area contributed by atoms with E-state index in [2.05, 4.69) is 16.5 Å². The molecule has 0 radical (unpaired) electrons. The highest BCUT2D eigenvalue weighted by Crippen LogP contribution is 2.36. The van der Waals surface area contributed by atoms with Gasteiger partial charge in [0.05, 0.1) is 0 Å². The largest absolute Gasteiger partial charge is 0.347 e. The maximum Gasteiger partial charge on any atom is 0.270 e. The van der Waals surface area contributed by atoms with Crippen LogP contribution in [0.4, 0.5) is 0 Å². The number of nitrogens with zero attached hydrogens (tertiary/aromatic N) is 4. The van der Waals surface area contributed by atoms with Gasteiger partial charge in [0.25, 0.3) is 5.91 Å². The van der Waals surface area contributed by atoms with Crippen LogP contribution in [0.1, 0.15) is 60.0 Å². The van der Waals surface area contributed by atoms with Crippen LogP contribution >= 0.6 is 0 Å². The quantitative estimate of drug-likeness (QED) is 0.857. The summed E-state index contributed by atoms with van der Waals surface area (Å²) in [7, 11) is 1.94. The van der Waals surface area contributed by atoms with Gasteiger partial charge >= 0.3 is 0 Å². The van der Waals surface area contributed by atoms with Crippen molar-refractivity contribution in [2.75, 3.05) is 13.1 Å². The SMILES string of the molecule is Cc1cnc(C2CCC2)n1C[C@H]1CCCN(C(=O)c2cccn2C)C1. The van der Waals surface area contributed by atoms with Gasteiger partial charge in [-0.3, -0.25) is 4.79 Å². The van der Waals surface area contributed by atoms with Gasteiger partial charge in [-0.05, 0) is 50.7 Å². The average Bonchev–Trinajstić information content (AvgIpc) is 3.13. The zero-order valence-electron chi connectivity index (χ0n) is 15.3. The molecule has 1 aliphatic heterocycles. The molecule has 3 heterocycles. The Bertz CT molecular complexity index is 756. The number of hydrogen-bond donors (Lipinski definition) is 0. The second kappa shape index (κ2) is 6.70. The molecular weight excluding hydrogens is 312 g/mol. The second-order valence-corrected chi connectivity index (χ2v) is 7.76. The lowest BCUT2D eigenvalue weighted by Gasteiger charge is -2.34. The fourth-order valence-corrected chi connectivity index (χ4v) is 4.21. The smallest absolute Gasteiger partial charge is 0.270 e. The topological polar surface area (TPSA) is 43.1 Å². The molecule has 0 bridgehead atoms. The molecule has 5 heteroatoms. The van der Waals surface area contributed by atoms with Gasteiger partial charge in [0.1, 0.15) is 11.5 Å². The van der Waals surface area contributed by atoms with Gasteiger partial charge < -0.3 is 14.0 Å². The van der Waals surface area contributed by atoms with E-state index in [0.29, 0.717) is 11.8 Å². The number of carbonyl (C=O) groups is 1. The molecule has 0 spiro atoms. The van der Waals surface area contributed by atoms with E-state index in [4.69, 9.17) is 0 Å². The normalized spacial score (nSPS) is 21.4. The molecular formula is C20H28N4O. The summed E-state index contributed by atoms with van der Waals surface area (Å²) in [4.78, 5) is 19.5. The molecule has 4 rings (SSSR count). The van der Waals surface area contributed by atoms with Gasteiger partial charge in [-0.2, -0.15) is 0 Å². The second-order valence-electron chi connectivity index (χ2n) is 7.76. The van der Waals surface area contributed by atoms with Crippen molar-refractivity contribution in [2.45, 2.75) is 51.5 Å². The van der Waals surface area contributed by atoms with Gasteiger partial charge in [0, 0.05) is 50.7 Å². The first-order chi connectivity index (χ1) is 12.1. The number of aryl methyl sites for hydroxylation is 2. The van der Waals surface area contributed by atoms with Crippen LogP contribution in [0.2, 0.25) is 0 Å². The fraction of sp³-hybridized carbons (Fsp3) is 0.600. The van der Waals surface area contributed by atoms with Crippen LogP contribution in [0.25, 0.3) is 0 Å². The van der Waals surface area contributed by atoms with E-state index in [9.17, 15) is 4.79 Å². The summed E-state index contributed by atoms with van der Waals surface area (Å²) >= 11 is 0. The summed E-state index contributed by atoms with van der Waals surface area (Å²) in [6.45, 7) is 4.88. The molecule has 1 saturated heterocycles. The Morgan fingerprint density at radius 1 is 1.28 bits per heavy atom. The molecule has 0 unspecified atom stereocenters. The van der Waals surface area contributed by atoms with Crippen LogP contribution in [0.3, 0.4) is 0 Å². The number of imidazole rings is 1. The Balaban J connectivity index is 1.46. The summed E-state index contributed by atoms with van der Waals surface area (Å²) in [6, 6.07) is 3.86. The molecule has 1 amide bonds. The molecule has 0 aromatic carbocycles. The van der Waals surface area contributed by atoms with Crippen molar-refractivity contribution in [3.63, 3.8) is 0 Å². The molecule has 2 aromatic heterocycles. The predicted octanol–water partition coefficient (Wildman–Crippen LogP) is 3.35. The lowest BCUT2D eigenvalue weighted by molar-refractivity contribution is 0.0651. The minimum Gasteiger partial charge on any atom is -0.347 e. The van der Waals surface area contributed by atoms with Crippen LogP contribution in [0.5, 0.6) is 0 Å². The molecule has 1 atom stereocenters. The monoisotopic (exact) mass is 340 g/mol. The van der Waals surface area contributed by atoms with Crippen molar-refractivity contribution < 1.29 is 4.79 Å². The van der Waals surface area contributed by atoms with Crippen molar-refractivity contribution in [1.29, 1.82) is 0 Å². The molecule has 5 nitrogen and oxygen atoms in total. The van der Waals surface area contributed by atoms with E-state index >= 15 is 0 Å². The summed E-state index contributed by atoms with van der Waals surface area (Å²) < 4.78 is 4.34. The molecule has 2 aromatic rings. The Morgan fingerprint density at radius 2 is 2.12 bits per heavy atom. The molecule has 1 aliphatic carbocycles. The van der Waals surface area contributed by atoms with Crippen LogP contribution in [-0.4, -0.2) is 38.0 Å². The van der Waals surface area contributed by atoms with E-state index in [-0.39, 0.29) is 5.91 Å². The van der Waals surface area contributed by atoms with Gasteiger partial charge in [-0.1, -0.05) is 6.42 Å². The zero-order valence-corrected chi connectivity index (χ0v) is 15.3. The Hall–Kier alpha value is -2.04. The van der Waals surface area contributed by atoms with Crippen molar-refractivity contribution >= 4 is 5.91 Å². The molecule has 1 saturated carbocycles. The first-order valence-electron chi connectivity index (χ1n) is 9.56. The number of amides is 1. The first-order valence-corrected chi connectivity index (χ1v) is 9.56. The van der Waals surface area contributed by atoms with Crippen molar-refractivity contribution in [3.05, 3.63) is 41.7 Å². The maximum absolute atomic E-state index is 12.8. The molecule has 2 fully saturated rings. The number of rotatable bonds is 4. The zero-order chi connectivity index (χ0) is 17.4. The van der Waals surface area contributed by atoms with Crippen LogP contribution in [-0.2, 0) is 13.6 Å². The summed E-state index contributed by atoms with van der Waals surface area (Å²) in [5, 5.41) is 0. The Labute approximate surface area is 149 Å². The number of carbonyl (C=O) groups excluding carboxylic acids is 1. The standard InChI is InChI=1S/C20H28N4O/c1-15-12-21-19(17-7-3-8-17)24(15)14-16-6-4-11-23(13-16)20(25)18-9-5-10-22(18)2/h5,9-10,12,16-17H,3-4,6-8,11,13-14H2,1-2H3/t16-/m0/s1. The lowest BCUT2D eigenvalue weighted by Crippen LogP contribution is -2.42. The number of hydrogen-bond acceptors (Lipinski definition) is 2. The third-order valence-corrected chi connectivity index (χ3v) is 5.97. The van der Waals surface area contributed by atoms with Gasteiger partial charge in [-0.15, -0.1) is 0 Å². The summed E-state index contributed by atoms with van der Waals surface area (Å²) in [6.07, 6.45) is 10.1. The van der Waals surface area contributed by atoms with Crippen LogP contribution in [0.15, 0.2) is 24.5 Å². The van der Waals surface area contributed by atoms with Crippen molar-refractivity contribution in [2.24, 2.45) is 13.0 Å². The third-order valence-electron chi connectivity index (χ3n) is 5.97. The van der Waals surface area contributed by atoms with Crippen LogP contribution < -0.4 is 0 Å². The maximum atomic E-state index is 12.8. The number of piperidine rings is 1. The summed E-state index contributed by atoms with van der Waals surface area (Å²) in [5.41, 5.74) is 2.04. The average molecular weight is 340 g/mol. The Morgan fingerprint density at radius 3 is 2.80 bits per heavy atom. The molecule has 0 N–H and O–H groups in total. The van der Waals surface area contributed by atoms with Crippen LogP contribution in [0, 0.1) is 12.8 Å². The number of aromatic nitrogens is 3. The van der Waals surface area contributed by atoms with E-state index < -0.39 is 0 Å². The molecule has 25 heavy (non-hydrogen) atoms. The minimum atomic E-state index is 0.166. The highest BCUT2D eigenvalue weighted by Gasteiger charge is 2.29. The third kappa shape index (κ3) is 3.12. The van der Waals surface area contributed by atoms with Gasteiger partial charge in [-0.25, -0.2) is 4.98 Å².